The van der Waals surface area contributed by atoms with E-state index in [-0.39, 0.29) is 137 Å². The van der Waals surface area contributed by atoms with Gasteiger partial charge in [-0.3, -0.25) is 53.0 Å². The summed E-state index contributed by atoms with van der Waals surface area (Å²) in [6.45, 7) is 16.2. The lowest BCUT2D eigenvalue weighted by Gasteiger charge is -2.41. The topological polar surface area (TPSA) is 368 Å². The highest BCUT2D eigenvalue weighted by Gasteiger charge is 2.47. The van der Waals surface area contributed by atoms with Gasteiger partial charge in [0.05, 0.1) is 49.2 Å². The first kappa shape index (κ1) is 86.6. The third kappa shape index (κ3) is 26.7. The average molecular weight is 1450 g/mol. The molecule has 0 radical (unpaired) electrons. The maximum Gasteiger partial charge on any atom is 0.409 e. The Morgan fingerprint density at radius 3 is 1.91 bits per heavy atom. The van der Waals surface area contributed by atoms with Crippen LogP contribution in [-0.2, 0) is 75.1 Å². The molecule has 2 aliphatic heterocycles. The number of anilines is 1. The van der Waals surface area contributed by atoms with E-state index in [1.54, 1.807) is 71.1 Å². The predicted octanol–water partition coefficient (Wildman–Crippen LogP) is 4.74. The molecule has 2 aliphatic rings. The summed E-state index contributed by atoms with van der Waals surface area (Å²) in [5.41, 5.74) is 5.88. The number of halogens is 2. The summed E-state index contributed by atoms with van der Waals surface area (Å²) in [5, 5.41) is 19.0. The molecule has 2 aromatic carbocycles. The molecule has 574 valence electrons. The Morgan fingerprint density at radius 2 is 1.34 bits per heavy atom. The molecule has 0 aromatic heterocycles. The van der Waals surface area contributed by atoms with Crippen molar-refractivity contribution in [2.24, 2.45) is 35.3 Å². The number of imide groups is 1. The van der Waals surface area contributed by atoms with Gasteiger partial charge in [-0.05, 0) is 99.7 Å². The molecule has 11 atom stereocenters. The van der Waals surface area contributed by atoms with Crippen LogP contribution in [0.1, 0.15) is 131 Å². The number of unbranched alkanes of at least 4 members (excludes halogenated alkanes) is 2. The van der Waals surface area contributed by atoms with Crippen molar-refractivity contribution < 1.29 is 85.3 Å². The molecule has 2 heterocycles. The molecule has 0 aliphatic carbocycles. The van der Waals surface area contributed by atoms with Crippen LogP contribution in [0.5, 0.6) is 0 Å². The Kier molecular flexibility index (Phi) is 35.9. The second-order valence-electron chi connectivity index (χ2n) is 27.6. The zero-order chi connectivity index (χ0) is 76.9. The Morgan fingerprint density at radius 1 is 0.699 bits per heavy atom. The zero-order valence-electron chi connectivity index (χ0n) is 62.4. The van der Waals surface area contributed by atoms with Crippen molar-refractivity contribution in [2.75, 3.05) is 87.0 Å². The van der Waals surface area contributed by atoms with Gasteiger partial charge < -0.3 is 76.6 Å². The highest BCUT2D eigenvalue weighted by molar-refractivity contribution is 6.12. The molecule has 13 amide bonds. The number of nitrogens with one attached hydrogen (secondary N) is 7. The van der Waals surface area contributed by atoms with E-state index in [4.69, 9.17) is 24.7 Å². The number of nitrogens with two attached hydrogens (primary N) is 1. The summed E-state index contributed by atoms with van der Waals surface area (Å²) in [5.74, 6) is -7.57. The van der Waals surface area contributed by atoms with Crippen LogP contribution in [0.25, 0.3) is 0 Å². The first-order valence-corrected chi connectivity index (χ1v) is 35.3. The minimum atomic E-state index is -1.12. The first-order chi connectivity index (χ1) is 48.6. The first-order valence-electron chi connectivity index (χ1n) is 35.3. The number of ether oxygens (including phenoxy) is 4. The summed E-state index contributed by atoms with van der Waals surface area (Å²) >= 11 is 0. The average Bonchev–Trinajstić information content (AvgIpc) is 1.73. The Hall–Kier alpha value is -8.84. The number of alkyl carbamates (subject to hydrolysis) is 1. The third-order valence-electron chi connectivity index (χ3n) is 18.6. The minimum absolute atomic E-state index is 0.00228. The van der Waals surface area contributed by atoms with E-state index in [9.17, 15) is 61.5 Å². The molecule has 4 rings (SSSR count). The molecule has 0 saturated carbocycles. The molecule has 29 nitrogen and oxygen atoms in total. The summed E-state index contributed by atoms with van der Waals surface area (Å²) in [7, 11) is 9.47. The van der Waals surface area contributed by atoms with E-state index in [0.29, 0.717) is 36.9 Å². The van der Waals surface area contributed by atoms with E-state index in [1.807, 2.05) is 41.5 Å². The number of hydrogen-bond acceptors (Lipinski definition) is 17. The number of likely N-dealkylation sites (tertiary alicyclic amines) is 1. The van der Waals surface area contributed by atoms with Crippen LogP contribution in [0.4, 0.5) is 28.9 Å². The van der Waals surface area contributed by atoms with Crippen molar-refractivity contribution in [3.8, 4) is 0 Å². The molecule has 1 saturated heterocycles. The minimum Gasteiger partial charge on any atom is -0.445 e. The van der Waals surface area contributed by atoms with E-state index in [0.717, 1.165) is 17.0 Å². The molecule has 31 heteroatoms. The molecule has 9 N–H and O–H groups in total. The van der Waals surface area contributed by atoms with Crippen LogP contribution in [-0.4, -0.2) is 232 Å². The molecule has 2 unspecified atom stereocenters. The van der Waals surface area contributed by atoms with E-state index < -0.39 is 120 Å². The standard InChI is InChI=1S/C72H111F2N13O16/c1-16-45(8)63(85(13)69(96)61(43(4)5)82-68(95)62(44(6)7)83(10)11)55(100-14)39-59(91)87-40-49(38-54(87)64(101-15)46(9)65(92)76-34-32-50-51(73)22-20-23-52(50)74)103-72(99)84(12)37-35-78-71(98)102-41-47-26-28-48(29-27-47)79-66(93)53(24-21-33-77-70(75)97)80-67(94)60(42(2)3)81-56(88)25-18-17-19-36-86-57(89)30-31-58(86)90/h20,22-23,26-31,42-46,49,53-55,60-64H,16-19,21,24-25,32-41H2,1-15H3,(H,76,92)(H,78,98)(H,79,93)(H,80,94)(H,81,88)(H,82,95)(H3,75,77,97)/t45-,46+,49-,53?,54-,55+,60-,61-,62-,63?,64+/m0/s1. The summed E-state index contributed by atoms with van der Waals surface area (Å²) in [6.07, 6.45) is -0.0827. The van der Waals surface area contributed by atoms with E-state index in [1.165, 1.54) is 54.2 Å². The predicted molar refractivity (Wildman–Crippen MR) is 380 cm³/mol. The van der Waals surface area contributed by atoms with Gasteiger partial charge in [-0.25, -0.2) is 23.2 Å². The number of methoxy groups -OCH3 is 2. The van der Waals surface area contributed by atoms with E-state index >= 15 is 4.79 Å². The number of rotatable bonds is 42. The monoisotopic (exact) mass is 1450 g/mol. The van der Waals surface area contributed by atoms with Gasteiger partial charge >= 0.3 is 18.2 Å². The number of hydrogen-bond donors (Lipinski definition) is 8. The van der Waals surface area contributed by atoms with Crippen molar-refractivity contribution in [2.45, 2.75) is 188 Å². The SMILES string of the molecule is CC[C@H](C)C([C@@H](CC(=O)N1C[C@@H](OC(=O)N(C)CCNC(=O)OCc2ccc(NC(=O)C(CCCNC(N)=O)NC(=O)[C@@H](NC(=O)CCCCCN3C(=O)C=CC3=O)C(C)C)cc2)C[C@H]1[C@H](OC)[C@@H](C)C(=O)NCCc1c(F)cccc1F)OC)N(C)C(=O)[C@@H](NC(=O)[C@H](C(C)C)N(C)C)C(C)C. The van der Waals surface area contributed by atoms with Gasteiger partial charge in [-0.2, -0.15) is 0 Å². The van der Waals surface area contributed by atoms with Crippen molar-refractivity contribution in [3.05, 3.63) is 77.4 Å². The molecular formula is C72H111F2N13O16. The number of benzene rings is 2. The van der Waals surface area contributed by atoms with Crippen LogP contribution >= 0.6 is 0 Å². The van der Waals surface area contributed by atoms with E-state index in [2.05, 4.69) is 37.2 Å². The van der Waals surface area contributed by atoms with Gasteiger partial charge in [0, 0.05) is 97.3 Å². The number of likely N-dealkylation sites (N-methyl/N-ethyl adjacent to an activating group) is 3. The number of amides is 13. The Labute approximate surface area is 603 Å². The summed E-state index contributed by atoms with van der Waals surface area (Å²) in [4.78, 5) is 167. The molecule has 103 heavy (non-hydrogen) atoms. The number of carbonyl (C=O) groups is 12. The Balaban J connectivity index is 1.40. The van der Waals surface area contributed by atoms with Crippen molar-refractivity contribution in [1.29, 1.82) is 0 Å². The van der Waals surface area contributed by atoms with Gasteiger partial charge in [0.2, 0.25) is 41.4 Å². The fraction of sp³-hybridized carbons (Fsp3) is 0.639. The maximum absolute atomic E-state index is 15.0. The third-order valence-corrected chi connectivity index (χ3v) is 18.6. The zero-order valence-corrected chi connectivity index (χ0v) is 62.4. The van der Waals surface area contributed by atoms with Crippen molar-refractivity contribution >= 4 is 77.1 Å². The van der Waals surface area contributed by atoms with Gasteiger partial charge in [-0.15, -0.1) is 0 Å². The largest absolute Gasteiger partial charge is 0.445 e. The Bertz CT molecular complexity index is 3190. The summed E-state index contributed by atoms with van der Waals surface area (Å²) in [6, 6.07) is 3.86. The highest BCUT2D eigenvalue weighted by Crippen LogP contribution is 2.32. The molecular weight excluding hydrogens is 1340 g/mol. The van der Waals surface area contributed by atoms with Gasteiger partial charge in [-0.1, -0.05) is 93.4 Å². The van der Waals surface area contributed by atoms with Crippen LogP contribution in [0.2, 0.25) is 0 Å². The van der Waals surface area contributed by atoms with Gasteiger partial charge in [0.15, 0.2) is 0 Å². The highest BCUT2D eigenvalue weighted by atomic mass is 19.1. The fourth-order valence-electron chi connectivity index (χ4n) is 12.7. The lowest BCUT2D eigenvalue weighted by atomic mass is 9.89. The number of nitrogens with zero attached hydrogens (tertiary/aromatic N) is 5. The molecule has 0 bridgehead atoms. The normalized spacial score (nSPS) is 17.0. The second-order valence-corrected chi connectivity index (χ2v) is 27.6. The number of urea groups is 1. The van der Waals surface area contributed by atoms with Gasteiger partial charge in [0.1, 0.15) is 42.5 Å². The smallest absolute Gasteiger partial charge is 0.409 e. The van der Waals surface area contributed by atoms with Gasteiger partial charge in [0.25, 0.3) is 11.8 Å². The van der Waals surface area contributed by atoms with Crippen molar-refractivity contribution in [3.63, 3.8) is 0 Å². The fourth-order valence-corrected chi connectivity index (χ4v) is 12.7. The van der Waals surface area contributed by atoms with Crippen LogP contribution in [0, 0.1) is 41.2 Å². The lowest BCUT2D eigenvalue weighted by molar-refractivity contribution is -0.148. The number of primary amides is 1. The maximum atomic E-state index is 15.0. The lowest BCUT2D eigenvalue weighted by Crippen LogP contribution is -2.59. The second kappa shape index (κ2) is 42.7. The summed E-state index contributed by atoms with van der Waals surface area (Å²) < 4.78 is 52.6. The quantitative estimate of drug-likeness (QED) is 0.0329. The molecule has 0 spiro atoms. The number of carbonyl (C=O) groups excluding carboxylic acids is 12. The molecule has 2 aromatic rings. The van der Waals surface area contributed by atoms with Crippen LogP contribution in [0.15, 0.2) is 54.6 Å². The van der Waals surface area contributed by atoms with Crippen molar-refractivity contribution in [1.82, 2.24) is 56.4 Å². The van der Waals surface area contributed by atoms with Crippen LogP contribution in [0.3, 0.4) is 0 Å². The van der Waals surface area contributed by atoms with Crippen LogP contribution < -0.4 is 43.0 Å². The molecule has 1 fully saturated rings.